The van der Waals surface area contributed by atoms with Crippen molar-refractivity contribution >= 4 is 38.7 Å². The van der Waals surface area contributed by atoms with Crippen molar-refractivity contribution in [1.29, 1.82) is 0 Å². The molecule has 0 aliphatic heterocycles. The number of hydrogen-bond donors (Lipinski definition) is 0. The van der Waals surface area contributed by atoms with Crippen LogP contribution in [0.5, 0.6) is 17.4 Å². The van der Waals surface area contributed by atoms with Gasteiger partial charge in [-0.1, -0.05) is 31.4 Å². The predicted molar refractivity (Wildman–Crippen MR) is 151 cm³/mol. The van der Waals surface area contributed by atoms with Crippen LogP contribution < -0.4 is 15.0 Å². The summed E-state index contributed by atoms with van der Waals surface area (Å²) in [6.07, 6.45) is 8.08. The van der Waals surface area contributed by atoms with E-state index >= 15 is 0 Å². The van der Waals surface area contributed by atoms with Gasteiger partial charge in [0.25, 0.3) is 11.2 Å². The third kappa shape index (κ3) is 5.83. The summed E-state index contributed by atoms with van der Waals surface area (Å²) in [5.74, 6) is 1.81. The number of halogens is 1. The molecule has 1 aliphatic rings. The Hall–Kier alpha value is -4.12. The van der Waals surface area contributed by atoms with Gasteiger partial charge in [-0.05, 0) is 65.5 Å². The van der Waals surface area contributed by atoms with E-state index in [1.165, 1.54) is 23.2 Å². The highest BCUT2D eigenvalue weighted by Gasteiger charge is 2.22. The molecule has 2 aromatic carbocycles. The van der Waals surface area contributed by atoms with Gasteiger partial charge in [-0.15, -0.1) is 0 Å². The van der Waals surface area contributed by atoms with E-state index in [4.69, 9.17) is 14.5 Å². The molecule has 0 radical (unpaired) electrons. The van der Waals surface area contributed by atoms with Gasteiger partial charge in [0.05, 0.1) is 33.1 Å². The highest BCUT2D eigenvalue weighted by atomic mass is 79.9. The lowest BCUT2D eigenvalue weighted by atomic mass is 9.88. The maximum atomic E-state index is 13.5. The zero-order valence-electron chi connectivity index (χ0n) is 21.2. The quantitative estimate of drug-likeness (QED) is 0.129. The number of hydrogen-bond acceptors (Lipinski definition) is 8. The SMILES string of the molecule is CCOc1cc(C=Nn2c(C3CCCCC3)nc3ccccc3c2=O)cc(Br)c1Oc1ccc([N+](=O)[O-])cn1. The van der Waals surface area contributed by atoms with Crippen LogP contribution in [0.2, 0.25) is 0 Å². The first-order valence-electron chi connectivity index (χ1n) is 12.7. The van der Waals surface area contributed by atoms with Gasteiger partial charge in [0.2, 0.25) is 5.88 Å². The molecular weight excluding hydrogens is 566 g/mol. The van der Waals surface area contributed by atoms with Crippen LogP contribution in [-0.4, -0.2) is 32.4 Å². The standard InChI is InChI=1S/C28H26BrN5O5/c1-2-38-24-15-18(14-22(29)26(24)39-25-13-12-20(17-30-25)34(36)37)16-31-33-27(19-8-4-3-5-9-19)32-23-11-7-6-10-21(23)28(33)35/h6-7,10-17,19H,2-5,8-9H2,1H3. The van der Waals surface area contributed by atoms with Crippen LogP contribution in [0.1, 0.15) is 56.3 Å². The molecule has 2 aromatic heterocycles. The molecule has 1 saturated carbocycles. The number of benzene rings is 2. The van der Waals surface area contributed by atoms with Gasteiger partial charge in [0.1, 0.15) is 12.0 Å². The van der Waals surface area contributed by atoms with Crippen molar-refractivity contribution in [3.63, 3.8) is 0 Å². The zero-order valence-corrected chi connectivity index (χ0v) is 22.8. The Morgan fingerprint density at radius 3 is 2.69 bits per heavy atom. The third-order valence-electron chi connectivity index (χ3n) is 6.54. The molecule has 2 heterocycles. The van der Waals surface area contributed by atoms with Crippen molar-refractivity contribution in [2.45, 2.75) is 44.9 Å². The van der Waals surface area contributed by atoms with Gasteiger partial charge in [-0.25, -0.2) is 9.97 Å². The van der Waals surface area contributed by atoms with E-state index in [1.807, 2.05) is 25.1 Å². The molecule has 0 saturated heterocycles. The van der Waals surface area contributed by atoms with Gasteiger partial charge >= 0.3 is 0 Å². The third-order valence-corrected chi connectivity index (χ3v) is 7.13. The van der Waals surface area contributed by atoms with E-state index in [1.54, 1.807) is 24.4 Å². The van der Waals surface area contributed by atoms with Gasteiger partial charge in [-0.3, -0.25) is 14.9 Å². The Morgan fingerprint density at radius 1 is 1.18 bits per heavy atom. The molecule has 0 spiro atoms. The fourth-order valence-electron chi connectivity index (χ4n) is 4.67. The molecular formula is C28H26BrN5O5. The summed E-state index contributed by atoms with van der Waals surface area (Å²) in [4.78, 5) is 32.7. The summed E-state index contributed by atoms with van der Waals surface area (Å²) in [6.45, 7) is 2.22. The molecule has 1 aliphatic carbocycles. The van der Waals surface area contributed by atoms with E-state index < -0.39 is 4.92 Å². The maximum absolute atomic E-state index is 13.5. The molecule has 0 amide bonds. The van der Waals surface area contributed by atoms with Crippen molar-refractivity contribution in [1.82, 2.24) is 14.6 Å². The molecule has 10 nitrogen and oxygen atoms in total. The Kier molecular flexibility index (Phi) is 7.97. The van der Waals surface area contributed by atoms with E-state index in [2.05, 4.69) is 26.0 Å². The van der Waals surface area contributed by atoms with Crippen LogP contribution in [0.15, 0.2) is 69.1 Å². The number of ether oxygens (including phenoxy) is 2. The van der Waals surface area contributed by atoms with Crippen LogP contribution >= 0.6 is 15.9 Å². The van der Waals surface area contributed by atoms with Crippen molar-refractivity contribution < 1.29 is 14.4 Å². The molecule has 0 unspecified atom stereocenters. The summed E-state index contributed by atoms with van der Waals surface area (Å²) in [5, 5.41) is 16.0. The highest BCUT2D eigenvalue weighted by molar-refractivity contribution is 9.10. The largest absolute Gasteiger partial charge is 0.490 e. The second-order valence-corrected chi connectivity index (χ2v) is 10.0. The van der Waals surface area contributed by atoms with Crippen molar-refractivity contribution in [3.8, 4) is 17.4 Å². The van der Waals surface area contributed by atoms with Crippen LogP contribution in [0.25, 0.3) is 10.9 Å². The smallest absolute Gasteiger partial charge is 0.287 e. The van der Waals surface area contributed by atoms with Crippen LogP contribution in [-0.2, 0) is 0 Å². The number of aromatic nitrogens is 3. The Labute approximate surface area is 232 Å². The molecule has 5 rings (SSSR count). The van der Waals surface area contributed by atoms with Gasteiger partial charge in [0.15, 0.2) is 11.5 Å². The van der Waals surface area contributed by atoms with E-state index in [0.717, 1.165) is 31.9 Å². The normalized spacial score (nSPS) is 14.1. The second kappa shape index (κ2) is 11.7. The molecule has 1 fully saturated rings. The summed E-state index contributed by atoms with van der Waals surface area (Å²) in [5.41, 5.74) is 1.01. The van der Waals surface area contributed by atoms with Gasteiger partial charge in [-0.2, -0.15) is 9.78 Å². The van der Waals surface area contributed by atoms with E-state index in [-0.39, 0.29) is 23.0 Å². The molecule has 11 heteroatoms. The van der Waals surface area contributed by atoms with E-state index in [0.29, 0.717) is 44.9 Å². The average molecular weight is 592 g/mol. The minimum absolute atomic E-state index is 0.135. The van der Waals surface area contributed by atoms with E-state index in [9.17, 15) is 14.9 Å². The monoisotopic (exact) mass is 591 g/mol. The lowest BCUT2D eigenvalue weighted by molar-refractivity contribution is -0.385. The topological polar surface area (TPSA) is 122 Å². The lowest BCUT2D eigenvalue weighted by Gasteiger charge is -2.22. The van der Waals surface area contributed by atoms with Crippen LogP contribution in [0, 0.1) is 10.1 Å². The number of fused-ring (bicyclic) bond motifs is 1. The number of rotatable bonds is 8. The number of pyridine rings is 1. The number of nitrogens with zero attached hydrogens (tertiary/aromatic N) is 5. The first kappa shape index (κ1) is 26.5. The van der Waals surface area contributed by atoms with Crippen molar-refractivity contribution in [3.05, 3.63) is 91.1 Å². The van der Waals surface area contributed by atoms with Crippen molar-refractivity contribution in [2.75, 3.05) is 6.61 Å². The minimum Gasteiger partial charge on any atom is -0.490 e. The number of para-hydroxylation sites is 1. The highest BCUT2D eigenvalue weighted by Crippen LogP contribution is 2.39. The Balaban J connectivity index is 1.51. The molecule has 0 atom stereocenters. The van der Waals surface area contributed by atoms with Crippen LogP contribution in [0.4, 0.5) is 5.69 Å². The number of nitro groups is 1. The second-order valence-electron chi connectivity index (χ2n) is 9.16. The first-order chi connectivity index (χ1) is 18.9. The molecule has 0 bridgehead atoms. The molecule has 39 heavy (non-hydrogen) atoms. The Morgan fingerprint density at radius 2 is 1.97 bits per heavy atom. The Bertz CT molecular complexity index is 1600. The molecule has 0 N–H and O–H groups in total. The summed E-state index contributed by atoms with van der Waals surface area (Å²) in [6, 6.07) is 13.6. The minimum atomic E-state index is -0.525. The molecule has 4 aromatic rings. The summed E-state index contributed by atoms with van der Waals surface area (Å²) >= 11 is 3.53. The summed E-state index contributed by atoms with van der Waals surface area (Å²) < 4.78 is 13.7. The zero-order chi connectivity index (χ0) is 27.4. The fraction of sp³-hybridized carbons (Fsp3) is 0.286. The van der Waals surface area contributed by atoms with Gasteiger partial charge < -0.3 is 9.47 Å². The van der Waals surface area contributed by atoms with Crippen molar-refractivity contribution in [2.24, 2.45) is 5.10 Å². The van der Waals surface area contributed by atoms with Gasteiger partial charge in [0, 0.05) is 18.1 Å². The average Bonchev–Trinajstić information content (AvgIpc) is 2.95. The predicted octanol–water partition coefficient (Wildman–Crippen LogP) is 6.58. The first-order valence-corrected chi connectivity index (χ1v) is 13.5. The lowest BCUT2D eigenvalue weighted by Crippen LogP contribution is -2.25. The maximum Gasteiger partial charge on any atom is 0.287 e. The van der Waals surface area contributed by atoms with Crippen LogP contribution in [0.3, 0.4) is 0 Å². The summed E-state index contributed by atoms with van der Waals surface area (Å²) in [7, 11) is 0. The molecule has 200 valence electrons. The fourth-order valence-corrected chi connectivity index (χ4v) is 5.21.